The van der Waals surface area contributed by atoms with E-state index in [2.05, 4.69) is 12.1 Å². The van der Waals surface area contributed by atoms with Crippen LogP contribution in [0.1, 0.15) is 5.56 Å². The number of anilines is 1. The number of thioether (sulfide) groups is 1. The predicted octanol–water partition coefficient (Wildman–Crippen LogP) is 3.57. The molecule has 0 amide bonds. The minimum Gasteiger partial charge on any atom is -0.497 e. The monoisotopic (exact) mass is 245 g/mol. The lowest BCUT2D eigenvalue weighted by Gasteiger charge is -2.06. The second-order valence-corrected chi connectivity index (χ2v) is 4.72. The quantitative estimate of drug-likeness (QED) is 0.660. The fourth-order valence-electron chi connectivity index (χ4n) is 1.52. The van der Waals surface area contributed by atoms with Gasteiger partial charge in [-0.25, -0.2) is 0 Å². The summed E-state index contributed by atoms with van der Waals surface area (Å²) < 4.78 is 5.19. The highest BCUT2D eigenvalue weighted by atomic mass is 32.2. The minimum atomic E-state index is 0.850. The van der Waals surface area contributed by atoms with Crippen molar-refractivity contribution in [3.05, 3.63) is 54.1 Å². The zero-order valence-electron chi connectivity index (χ0n) is 9.72. The molecule has 0 heterocycles. The van der Waals surface area contributed by atoms with Crippen LogP contribution in [-0.4, -0.2) is 7.11 Å². The van der Waals surface area contributed by atoms with Crippen LogP contribution in [0.2, 0.25) is 0 Å². The van der Waals surface area contributed by atoms with Crippen LogP contribution in [0.3, 0.4) is 0 Å². The van der Waals surface area contributed by atoms with E-state index in [0.29, 0.717) is 0 Å². The number of ether oxygens (including phenoxy) is 1. The number of nitrogens with two attached hydrogens (primary N) is 1. The van der Waals surface area contributed by atoms with Gasteiger partial charge in [-0.2, -0.15) is 0 Å². The maximum Gasteiger partial charge on any atom is 0.119 e. The molecule has 0 saturated heterocycles. The lowest BCUT2D eigenvalue weighted by Crippen LogP contribution is -1.91. The highest BCUT2D eigenvalue weighted by molar-refractivity contribution is 7.98. The second kappa shape index (κ2) is 5.64. The van der Waals surface area contributed by atoms with Gasteiger partial charge < -0.3 is 10.5 Å². The molecule has 0 aliphatic rings. The first-order valence-electron chi connectivity index (χ1n) is 5.40. The smallest absolute Gasteiger partial charge is 0.119 e. The van der Waals surface area contributed by atoms with E-state index < -0.39 is 0 Å². The Kier molecular flexibility index (Phi) is 3.94. The molecular weight excluding hydrogens is 230 g/mol. The van der Waals surface area contributed by atoms with E-state index >= 15 is 0 Å². The van der Waals surface area contributed by atoms with E-state index in [9.17, 15) is 0 Å². The Morgan fingerprint density at radius 2 is 1.94 bits per heavy atom. The largest absolute Gasteiger partial charge is 0.497 e. The maximum absolute atomic E-state index is 5.90. The van der Waals surface area contributed by atoms with Crippen molar-refractivity contribution in [2.75, 3.05) is 12.8 Å². The Balaban J connectivity index is 2.05. The van der Waals surface area contributed by atoms with Crippen molar-refractivity contribution < 1.29 is 4.74 Å². The molecule has 0 bridgehead atoms. The van der Waals surface area contributed by atoms with Crippen molar-refractivity contribution in [1.29, 1.82) is 0 Å². The van der Waals surface area contributed by atoms with Gasteiger partial charge in [-0.3, -0.25) is 0 Å². The Morgan fingerprint density at radius 1 is 1.12 bits per heavy atom. The molecule has 88 valence electrons. The summed E-state index contributed by atoms with van der Waals surface area (Å²) in [5, 5.41) is 0. The van der Waals surface area contributed by atoms with Gasteiger partial charge in [0, 0.05) is 16.3 Å². The first-order valence-corrected chi connectivity index (χ1v) is 6.38. The van der Waals surface area contributed by atoms with Crippen molar-refractivity contribution >= 4 is 17.4 Å². The molecule has 0 aromatic heterocycles. The van der Waals surface area contributed by atoms with Crippen LogP contribution in [0, 0.1) is 0 Å². The lowest BCUT2D eigenvalue weighted by atomic mass is 10.2. The molecule has 0 atom stereocenters. The van der Waals surface area contributed by atoms with Gasteiger partial charge in [0.05, 0.1) is 7.11 Å². The Morgan fingerprint density at radius 3 is 2.71 bits per heavy atom. The molecule has 0 fully saturated rings. The molecule has 3 heteroatoms. The summed E-state index contributed by atoms with van der Waals surface area (Å²) in [7, 11) is 1.68. The predicted molar refractivity (Wildman–Crippen MR) is 73.4 cm³/mol. The molecule has 0 radical (unpaired) electrons. The maximum atomic E-state index is 5.90. The molecule has 2 N–H and O–H groups in total. The van der Waals surface area contributed by atoms with Crippen LogP contribution in [0.15, 0.2) is 53.4 Å². The molecule has 2 nitrogen and oxygen atoms in total. The zero-order chi connectivity index (χ0) is 12.1. The van der Waals surface area contributed by atoms with Crippen molar-refractivity contribution in [1.82, 2.24) is 0 Å². The fourth-order valence-corrected chi connectivity index (χ4v) is 2.48. The number of hydrogen-bond acceptors (Lipinski definition) is 3. The minimum absolute atomic E-state index is 0.850. The summed E-state index contributed by atoms with van der Waals surface area (Å²) in [4.78, 5) is 1.19. The lowest BCUT2D eigenvalue weighted by molar-refractivity contribution is 0.413. The number of benzene rings is 2. The molecule has 0 spiro atoms. The summed E-state index contributed by atoms with van der Waals surface area (Å²) >= 11 is 1.76. The zero-order valence-corrected chi connectivity index (χ0v) is 10.5. The molecule has 17 heavy (non-hydrogen) atoms. The molecule has 0 aliphatic carbocycles. The van der Waals surface area contributed by atoms with Crippen molar-refractivity contribution in [3.8, 4) is 5.75 Å². The summed E-state index contributed by atoms with van der Waals surface area (Å²) in [6.07, 6.45) is 0. The van der Waals surface area contributed by atoms with E-state index in [0.717, 1.165) is 17.2 Å². The Bertz CT molecular complexity index is 499. The third-order valence-corrected chi connectivity index (χ3v) is 3.53. The van der Waals surface area contributed by atoms with Crippen LogP contribution < -0.4 is 10.5 Å². The summed E-state index contributed by atoms with van der Waals surface area (Å²) in [5.41, 5.74) is 7.92. The van der Waals surface area contributed by atoms with Crippen LogP contribution in [0.25, 0.3) is 0 Å². The van der Waals surface area contributed by atoms with Gasteiger partial charge >= 0.3 is 0 Å². The van der Waals surface area contributed by atoms with Crippen LogP contribution in [0.4, 0.5) is 5.69 Å². The third-order valence-electron chi connectivity index (χ3n) is 2.49. The third kappa shape index (κ3) is 3.17. The molecule has 0 aliphatic heterocycles. The van der Waals surface area contributed by atoms with E-state index in [1.54, 1.807) is 18.9 Å². The highest BCUT2D eigenvalue weighted by Gasteiger charge is 2.00. The summed E-state index contributed by atoms with van der Waals surface area (Å²) in [6.45, 7) is 0. The van der Waals surface area contributed by atoms with Gasteiger partial charge in [0.25, 0.3) is 0 Å². The van der Waals surface area contributed by atoms with Crippen molar-refractivity contribution in [2.24, 2.45) is 0 Å². The average Bonchev–Trinajstić information content (AvgIpc) is 2.38. The van der Waals surface area contributed by atoms with E-state index in [-0.39, 0.29) is 0 Å². The second-order valence-electron chi connectivity index (χ2n) is 3.67. The SMILES string of the molecule is COc1cccc(SCc2ccccc2N)c1. The number of para-hydroxylation sites is 1. The first-order chi connectivity index (χ1) is 8.29. The van der Waals surface area contributed by atoms with Gasteiger partial charge in [-0.1, -0.05) is 24.3 Å². The van der Waals surface area contributed by atoms with Crippen molar-refractivity contribution in [2.45, 2.75) is 10.6 Å². The van der Waals surface area contributed by atoms with Gasteiger partial charge in [0.2, 0.25) is 0 Å². The van der Waals surface area contributed by atoms with Gasteiger partial charge in [0.1, 0.15) is 5.75 Å². The molecule has 2 rings (SSSR count). The summed E-state index contributed by atoms with van der Waals surface area (Å²) in [6, 6.07) is 16.0. The molecule has 0 saturated carbocycles. The van der Waals surface area contributed by atoms with Crippen molar-refractivity contribution in [3.63, 3.8) is 0 Å². The summed E-state index contributed by atoms with van der Waals surface area (Å²) in [5.74, 6) is 1.76. The first kappa shape index (κ1) is 11.9. The number of hydrogen-bond donors (Lipinski definition) is 1. The van der Waals surface area contributed by atoms with Crippen LogP contribution >= 0.6 is 11.8 Å². The van der Waals surface area contributed by atoms with E-state index in [1.807, 2.05) is 36.4 Å². The van der Waals surface area contributed by atoms with Gasteiger partial charge in [0.15, 0.2) is 0 Å². The fraction of sp³-hybridized carbons (Fsp3) is 0.143. The van der Waals surface area contributed by atoms with Gasteiger partial charge in [-0.05, 0) is 29.8 Å². The van der Waals surface area contributed by atoms with Crippen LogP contribution in [0.5, 0.6) is 5.75 Å². The normalized spacial score (nSPS) is 10.2. The standard InChI is InChI=1S/C14H15NOS/c1-16-12-6-4-7-13(9-12)17-10-11-5-2-3-8-14(11)15/h2-9H,10,15H2,1H3. The highest BCUT2D eigenvalue weighted by Crippen LogP contribution is 2.27. The number of methoxy groups -OCH3 is 1. The van der Waals surface area contributed by atoms with E-state index in [1.165, 1.54) is 10.5 Å². The topological polar surface area (TPSA) is 35.2 Å². The van der Waals surface area contributed by atoms with Crippen LogP contribution in [-0.2, 0) is 5.75 Å². The Labute approximate surface area is 106 Å². The average molecular weight is 245 g/mol. The molecular formula is C14H15NOS. The van der Waals surface area contributed by atoms with Gasteiger partial charge in [-0.15, -0.1) is 11.8 Å². The molecule has 2 aromatic rings. The molecule has 0 unspecified atom stereocenters. The molecule has 2 aromatic carbocycles. The number of rotatable bonds is 4. The van der Waals surface area contributed by atoms with E-state index in [4.69, 9.17) is 10.5 Å². The number of nitrogen functional groups attached to an aromatic ring is 1. The Hall–Kier alpha value is -1.61.